The highest BCUT2D eigenvalue weighted by Crippen LogP contribution is 2.37. The van der Waals surface area contributed by atoms with E-state index in [-0.39, 0.29) is 5.92 Å². The molecule has 2 N–H and O–H groups in total. The Morgan fingerprint density at radius 3 is 2.93 bits per heavy atom. The van der Waals surface area contributed by atoms with Crippen LogP contribution in [0.5, 0.6) is 17.4 Å². The summed E-state index contributed by atoms with van der Waals surface area (Å²) in [5.41, 5.74) is 3.38. The Balaban J connectivity index is 0.00000124. The Morgan fingerprint density at radius 1 is 1.27 bits per heavy atom. The van der Waals surface area contributed by atoms with Crippen molar-refractivity contribution in [1.29, 1.82) is 0 Å². The molecule has 1 aliphatic heterocycles. The third-order valence-electron chi connectivity index (χ3n) is 4.75. The summed E-state index contributed by atoms with van der Waals surface area (Å²) in [6, 6.07) is 13.3. The van der Waals surface area contributed by atoms with Gasteiger partial charge in [-0.2, -0.15) is 0 Å². The SMILES string of the molecule is CO.Cc1cccc(Oc2ccc3c(c2)OCCC3CNc2cnccc2C=O)n1. The third kappa shape index (κ3) is 5.12. The van der Waals surface area contributed by atoms with E-state index in [9.17, 15) is 4.79 Å². The number of ether oxygens (including phenoxy) is 2. The molecule has 1 atom stereocenters. The maximum absolute atomic E-state index is 11.2. The molecule has 1 aliphatic rings. The summed E-state index contributed by atoms with van der Waals surface area (Å²) < 4.78 is 11.7. The van der Waals surface area contributed by atoms with Crippen LogP contribution in [0.25, 0.3) is 0 Å². The zero-order chi connectivity index (χ0) is 21.3. The van der Waals surface area contributed by atoms with Crippen molar-refractivity contribution in [2.24, 2.45) is 0 Å². The van der Waals surface area contributed by atoms with Gasteiger partial charge in [0.05, 0.1) is 18.5 Å². The van der Waals surface area contributed by atoms with Crippen molar-refractivity contribution >= 4 is 12.0 Å². The topological polar surface area (TPSA) is 93.6 Å². The van der Waals surface area contributed by atoms with E-state index in [0.29, 0.717) is 30.3 Å². The molecule has 0 amide bonds. The smallest absolute Gasteiger partial charge is 0.219 e. The van der Waals surface area contributed by atoms with Gasteiger partial charge in [-0.3, -0.25) is 9.78 Å². The van der Waals surface area contributed by atoms with Crippen LogP contribution in [0, 0.1) is 6.92 Å². The number of aliphatic hydroxyl groups excluding tert-OH is 1. The van der Waals surface area contributed by atoms with Gasteiger partial charge in [0.1, 0.15) is 11.5 Å². The maximum atomic E-state index is 11.2. The molecule has 7 nitrogen and oxygen atoms in total. The number of hydrogen-bond acceptors (Lipinski definition) is 7. The first-order valence-electron chi connectivity index (χ1n) is 9.69. The number of pyridine rings is 2. The molecule has 3 aromatic rings. The first-order chi connectivity index (χ1) is 14.7. The van der Waals surface area contributed by atoms with Crippen molar-refractivity contribution in [2.45, 2.75) is 19.3 Å². The van der Waals surface area contributed by atoms with E-state index in [1.165, 1.54) is 0 Å². The summed E-state index contributed by atoms with van der Waals surface area (Å²) in [4.78, 5) is 19.6. The third-order valence-corrected chi connectivity index (χ3v) is 4.75. The van der Waals surface area contributed by atoms with Crippen LogP contribution in [0.4, 0.5) is 5.69 Å². The zero-order valence-corrected chi connectivity index (χ0v) is 17.0. The van der Waals surface area contributed by atoms with Gasteiger partial charge in [-0.1, -0.05) is 12.1 Å². The number of carbonyl (C=O) groups excluding carboxylic acids is 1. The number of nitrogens with one attached hydrogen (secondary N) is 1. The Hall–Kier alpha value is -3.45. The minimum atomic E-state index is 0.273. The summed E-state index contributed by atoms with van der Waals surface area (Å²) in [6.45, 7) is 3.26. The van der Waals surface area contributed by atoms with Crippen molar-refractivity contribution in [3.05, 3.63) is 71.7 Å². The van der Waals surface area contributed by atoms with Gasteiger partial charge in [0.2, 0.25) is 5.88 Å². The summed E-state index contributed by atoms with van der Waals surface area (Å²) in [7, 11) is 1.00. The number of aromatic nitrogens is 2. The van der Waals surface area contributed by atoms with Crippen LogP contribution in [0.15, 0.2) is 54.9 Å². The fourth-order valence-corrected chi connectivity index (χ4v) is 3.30. The minimum absolute atomic E-state index is 0.273. The Bertz CT molecular complexity index is 994. The van der Waals surface area contributed by atoms with Crippen LogP contribution in [-0.2, 0) is 0 Å². The van der Waals surface area contributed by atoms with E-state index >= 15 is 0 Å². The van der Waals surface area contributed by atoms with Crippen molar-refractivity contribution in [1.82, 2.24) is 9.97 Å². The first kappa shape index (κ1) is 21.3. The van der Waals surface area contributed by atoms with Gasteiger partial charge >= 0.3 is 0 Å². The number of aliphatic hydroxyl groups is 1. The summed E-state index contributed by atoms with van der Waals surface area (Å²) in [5.74, 6) is 2.35. The van der Waals surface area contributed by atoms with Crippen molar-refractivity contribution in [3.63, 3.8) is 0 Å². The predicted octanol–water partition coefficient (Wildman–Crippen LogP) is 3.98. The molecule has 0 bridgehead atoms. The van der Waals surface area contributed by atoms with Gasteiger partial charge in [0.25, 0.3) is 0 Å². The van der Waals surface area contributed by atoms with Crippen molar-refractivity contribution < 1.29 is 19.4 Å². The molecule has 0 fully saturated rings. The van der Waals surface area contributed by atoms with E-state index in [0.717, 1.165) is 42.5 Å². The Morgan fingerprint density at radius 2 is 2.13 bits per heavy atom. The highest BCUT2D eigenvalue weighted by atomic mass is 16.5. The lowest BCUT2D eigenvalue weighted by Gasteiger charge is -2.27. The van der Waals surface area contributed by atoms with Crippen LogP contribution in [0.3, 0.4) is 0 Å². The fraction of sp³-hybridized carbons (Fsp3) is 0.261. The van der Waals surface area contributed by atoms with Gasteiger partial charge in [0, 0.05) is 49.2 Å². The second-order valence-electron chi connectivity index (χ2n) is 6.71. The number of aryl methyl sites for hydroxylation is 1. The van der Waals surface area contributed by atoms with E-state index in [1.54, 1.807) is 18.5 Å². The van der Waals surface area contributed by atoms with Crippen LogP contribution in [-0.4, -0.2) is 41.6 Å². The highest BCUT2D eigenvalue weighted by molar-refractivity contribution is 5.83. The number of nitrogens with zero attached hydrogens (tertiary/aromatic N) is 2. The largest absolute Gasteiger partial charge is 0.493 e. The molecule has 30 heavy (non-hydrogen) atoms. The lowest BCUT2D eigenvalue weighted by molar-refractivity contribution is 0.112. The van der Waals surface area contributed by atoms with E-state index in [4.69, 9.17) is 14.6 Å². The second kappa shape index (κ2) is 10.4. The predicted molar refractivity (Wildman–Crippen MR) is 115 cm³/mol. The number of carbonyl (C=O) groups is 1. The Kier molecular flexibility index (Phi) is 7.34. The average Bonchev–Trinajstić information content (AvgIpc) is 2.79. The number of anilines is 1. The van der Waals surface area contributed by atoms with Gasteiger partial charge in [-0.15, -0.1) is 0 Å². The summed E-state index contributed by atoms with van der Waals surface area (Å²) >= 11 is 0. The minimum Gasteiger partial charge on any atom is -0.493 e. The molecule has 0 saturated heterocycles. The fourth-order valence-electron chi connectivity index (χ4n) is 3.30. The van der Waals surface area contributed by atoms with E-state index < -0.39 is 0 Å². The monoisotopic (exact) mass is 407 g/mol. The molecule has 0 spiro atoms. The van der Waals surface area contributed by atoms with Gasteiger partial charge in [0.15, 0.2) is 6.29 Å². The van der Waals surface area contributed by atoms with Crippen LogP contribution in [0.2, 0.25) is 0 Å². The normalized spacial score (nSPS) is 14.4. The molecular weight excluding hydrogens is 382 g/mol. The van der Waals surface area contributed by atoms with Gasteiger partial charge in [-0.05, 0) is 37.1 Å². The van der Waals surface area contributed by atoms with Crippen molar-refractivity contribution in [3.8, 4) is 17.4 Å². The molecule has 4 rings (SSSR count). The zero-order valence-electron chi connectivity index (χ0n) is 17.0. The molecule has 2 aromatic heterocycles. The second-order valence-corrected chi connectivity index (χ2v) is 6.71. The van der Waals surface area contributed by atoms with Crippen LogP contribution >= 0.6 is 0 Å². The number of hydrogen-bond donors (Lipinski definition) is 2. The van der Waals surface area contributed by atoms with Crippen LogP contribution in [0.1, 0.15) is 34.0 Å². The standard InChI is InChI=1S/C22H21N3O3.CH4O/c1-15-3-2-4-22(25-15)28-18-5-6-19-16(8-10-27-21(19)11-18)12-24-20-13-23-9-7-17(20)14-26;1-2/h2-7,9,11,13-14,16,24H,8,10,12H2,1H3;2H,1H3. The van der Waals surface area contributed by atoms with Crippen LogP contribution < -0.4 is 14.8 Å². The lowest BCUT2D eigenvalue weighted by atomic mass is 9.93. The van der Waals surface area contributed by atoms with E-state index in [1.807, 2.05) is 43.3 Å². The quantitative estimate of drug-likeness (QED) is 0.597. The molecule has 0 saturated carbocycles. The van der Waals surface area contributed by atoms with Crippen molar-refractivity contribution in [2.75, 3.05) is 25.6 Å². The molecule has 0 aliphatic carbocycles. The molecule has 0 radical (unpaired) electrons. The molecule has 1 unspecified atom stereocenters. The Labute approximate surface area is 175 Å². The first-order valence-corrected chi connectivity index (χ1v) is 9.69. The molecule has 156 valence electrons. The molecule has 7 heteroatoms. The lowest BCUT2D eigenvalue weighted by Crippen LogP contribution is -2.21. The van der Waals surface area contributed by atoms with Gasteiger partial charge in [-0.25, -0.2) is 4.98 Å². The summed E-state index contributed by atoms with van der Waals surface area (Å²) in [6.07, 6.45) is 5.03. The summed E-state index contributed by atoms with van der Waals surface area (Å²) in [5, 5.41) is 10.3. The number of fused-ring (bicyclic) bond motifs is 1. The number of aldehydes is 1. The van der Waals surface area contributed by atoms with E-state index in [2.05, 4.69) is 15.3 Å². The number of benzene rings is 1. The molecule has 1 aromatic carbocycles. The van der Waals surface area contributed by atoms with Gasteiger partial charge < -0.3 is 19.9 Å². The molecule has 3 heterocycles. The highest BCUT2D eigenvalue weighted by Gasteiger charge is 2.22. The number of rotatable bonds is 6. The average molecular weight is 407 g/mol. The maximum Gasteiger partial charge on any atom is 0.219 e. The molecular formula is C23H25N3O4.